The number of aromatic amines is 1. The Labute approximate surface area is 98.3 Å². The third kappa shape index (κ3) is 2.02. The van der Waals surface area contributed by atoms with Gasteiger partial charge in [-0.3, -0.25) is 9.13 Å². The third-order valence-corrected chi connectivity index (χ3v) is 2.62. The zero-order chi connectivity index (χ0) is 12.4. The Morgan fingerprint density at radius 2 is 1.94 bits per heavy atom. The molecule has 0 bridgehead atoms. The predicted molar refractivity (Wildman–Crippen MR) is 64.3 cm³/mol. The van der Waals surface area contributed by atoms with Crippen LogP contribution in [0.5, 0.6) is 0 Å². The number of aryl methyl sites for hydroxylation is 1. The lowest BCUT2D eigenvalue weighted by molar-refractivity contribution is 0.552. The van der Waals surface area contributed by atoms with Gasteiger partial charge in [-0.05, 0) is 12.8 Å². The van der Waals surface area contributed by atoms with Crippen molar-refractivity contribution < 1.29 is 0 Å². The summed E-state index contributed by atoms with van der Waals surface area (Å²) in [4.78, 5) is 29.8. The molecule has 0 aromatic heterocycles. The van der Waals surface area contributed by atoms with Gasteiger partial charge in [0.1, 0.15) is 5.69 Å². The molecule has 0 amide bonds. The Morgan fingerprint density at radius 1 is 1.24 bits per heavy atom. The van der Waals surface area contributed by atoms with Gasteiger partial charge in [0.15, 0.2) is 5.82 Å². The van der Waals surface area contributed by atoms with Gasteiger partial charge in [-0.2, -0.15) is 4.98 Å². The second-order valence-corrected chi connectivity index (χ2v) is 4.04. The van der Waals surface area contributed by atoms with Crippen LogP contribution in [0.2, 0.25) is 0 Å². The Kier molecular flexibility index (Phi) is 3.12. The van der Waals surface area contributed by atoms with Crippen LogP contribution in [0.1, 0.15) is 26.7 Å². The molecule has 6 nitrogen and oxygen atoms in total. The molecule has 2 heterocycles. The molecule has 2 rings (SSSR count). The minimum absolute atomic E-state index is 0.104. The SMILES string of the molecule is CCCn1cc2[nH]c(=O)nc-2n(CCC)c1=O. The summed E-state index contributed by atoms with van der Waals surface area (Å²) in [5.41, 5.74) is 0.114. The van der Waals surface area contributed by atoms with Gasteiger partial charge >= 0.3 is 11.4 Å². The van der Waals surface area contributed by atoms with E-state index in [1.54, 1.807) is 15.3 Å². The molecule has 2 aliphatic heterocycles. The maximum absolute atomic E-state index is 12.1. The van der Waals surface area contributed by atoms with E-state index >= 15 is 0 Å². The first-order valence-corrected chi connectivity index (χ1v) is 5.87. The highest BCUT2D eigenvalue weighted by molar-refractivity contribution is 5.48. The molecule has 17 heavy (non-hydrogen) atoms. The van der Waals surface area contributed by atoms with Crippen molar-refractivity contribution in [1.29, 1.82) is 0 Å². The average Bonchev–Trinajstić information content (AvgIpc) is 2.65. The largest absolute Gasteiger partial charge is 0.347 e. The summed E-state index contributed by atoms with van der Waals surface area (Å²) in [5, 5.41) is 0. The van der Waals surface area contributed by atoms with Crippen molar-refractivity contribution in [3.05, 3.63) is 27.2 Å². The van der Waals surface area contributed by atoms with E-state index in [9.17, 15) is 9.59 Å². The maximum Gasteiger partial charge on any atom is 0.347 e. The van der Waals surface area contributed by atoms with Crippen LogP contribution in [0.3, 0.4) is 0 Å². The van der Waals surface area contributed by atoms with Gasteiger partial charge in [-0.15, -0.1) is 0 Å². The fourth-order valence-electron chi connectivity index (χ4n) is 1.93. The van der Waals surface area contributed by atoms with Gasteiger partial charge < -0.3 is 4.98 Å². The molecule has 0 radical (unpaired) electrons. The minimum atomic E-state index is -0.404. The first-order valence-electron chi connectivity index (χ1n) is 5.87. The predicted octanol–water partition coefficient (Wildman–Crippen LogP) is 0.658. The van der Waals surface area contributed by atoms with Crippen LogP contribution in [-0.4, -0.2) is 19.1 Å². The second kappa shape index (κ2) is 4.57. The lowest BCUT2D eigenvalue weighted by Gasteiger charge is -2.13. The van der Waals surface area contributed by atoms with Crippen LogP contribution < -0.4 is 11.4 Å². The van der Waals surface area contributed by atoms with Crippen LogP contribution in [0.25, 0.3) is 11.5 Å². The topological polar surface area (TPSA) is 72.7 Å². The molecule has 1 N–H and O–H groups in total. The van der Waals surface area contributed by atoms with Crippen molar-refractivity contribution in [3.8, 4) is 11.5 Å². The molecule has 0 aliphatic carbocycles. The Hall–Kier alpha value is -1.85. The van der Waals surface area contributed by atoms with E-state index < -0.39 is 5.69 Å². The quantitative estimate of drug-likeness (QED) is 0.847. The summed E-state index contributed by atoms with van der Waals surface area (Å²) >= 11 is 0. The number of rotatable bonds is 4. The van der Waals surface area contributed by atoms with E-state index in [1.807, 2.05) is 13.8 Å². The number of H-pyrrole nitrogens is 1. The van der Waals surface area contributed by atoms with Gasteiger partial charge in [-0.1, -0.05) is 13.8 Å². The molecular formula is C11H16N4O2. The highest BCUT2D eigenvalue weighted by Gasteiger charge is 2.16. The van der Waals surface area contributed by atoms with Gasteiger partial charge in [-0.25, -0.2) is 9.59 Å². The highest BCUT2D eigenvalue weighted by Crippen LogP contribution is 2.12. The maximum atomic E-state index is 12.1. The Balaban J connectivity index is 2.70. The highest BCUT2D eigenvalue weighted by atomic mass is 16.2. The molecule has 0 saturated carbocycles. The molecular weight excluding hydrogens is 220 g/mol. The fourth-order valence-corrected chi connectivity index (χ4v) is 1.93. The molecule has 0 spiro atoms. The Morgan fingerprint density at radius 3 is 2.59 bits per heavy atom. The first kappa shape index (κ1) is 11.6. The summed E-state index contributed by atoms with van der Waals surface area (Å²) in [6.45, 7) is 5.21. The molecule has 0 atom stereocenters. The molecule has 6 heteroatoms. The molecule has 2 aliphatic rings. The van der Waals surface area contributed by atoms with Crippen molar-refractivity contribution in [1.82, 2.24) is 19.1 Å². The van der Waals surface area contributed by atoms with Crippen molar-refractivity contribution >= 4 is 0 Å². The summed E-state index contributed by atoms with van der Waals surface area (Å²) < 4.78 is 3.18. The van der Waals surface area contributed by atoms with Crippen molar-refractivity contribution in [2.24, 2.45) is 0 Å². The van der Waals surface area contributed by atoms with Gasteiger partial charge in [0.05, 0.1) is 0 Å². The number of nitrogens with one attached hydrogen (secondary N) is 1. The first-order chi connectivity index (χ1) is 8.17. The zero-order valence-electron chi connectivity index (χ0n) is 10.1. The van der Waals surface area contributed by atoms with E-state index in [-0.39, 0.29) is 5.69 Å². The van der Waals surface area contributed by atoms with E-state index in [0.717, 1.165) is 12.8 Å². The molecule has 0 aromatic rings. The normalized spacial score (nSPS) is 11.2. The van der Waals surface area contributed by atoms with E-state index in [2.05, 4.69) is 9.97 Å². The summed E-state index contributed by atoms with van der Waals surface area (Å²) in [6, 6.07) is 0. The van der Waals surface area contributed by atoms with Crippen LogP contribution in [-0.2, 0) is 13.1 Å². The molecule has 92 valence electrons. The lowest BCUT2D eigenvalue weighted by atomic mass is 10.3. The van der Waals surface area contributed by atoms with Gasteiger partial charge in [0, 0.05) is 19.3 Å². The zero-order valence-corrected chi connectivity index (χ0v) is 10.1. The smallest absolute Gasteiger partial charge is 0.301 e. The van der Waals surface area contributed by atoms with Crippen LogP contribution >= 0.6 is 0 Å². The summed E-state index contributed by atoms with van der Waals surface area (Å²) in [5.74, 6) is 0.453. The fraction of sp³-hybridized carbons (Fsp3) is 0.545. The number of nitrogens with zero attached hydrogens (tertiary/aromatic N) is 3. The summed E-state index contributed by atoms with van der Waals surface area (Å²) in [7, 11) is 0. The number of aromatic nitrogens is 4. The lowest BCUT2D eigenvalue weighted by Crippen LogP contribution is -2.32. The summed E-state index contributed by atoms with van der Waals surface area (Å²) in [6.07, 6.45) is 3.36. The molecule has 0 fully saturated rings. The van der Waals surface area contributed by atoms with Crippen molar-refractivity contribution in [2.75, 3.05) is 0 Å². The molecule has 0 unspecified atom stereocenters. The van der Waals surface area contributed by atoms with E-state index in [1.165, 1.54) is 0 Å². The van der Waals surface area contributed by atoms with Crippen LogP contribution in [0, 0.1) is 0 Å². The van der Waals surface area contributed by atoms with Crippen molar-refractivity contribution in [3.63, 3.8) is 0 Å². The monoisotopic (exact) mass is 236 g/mol. The molecule has 0 saturated heterocycles. The van der Waals surface area contributed by atoms with E-state index in [4.69, 9.17) is 0 Å². The van der Waals surface area contributed by atoms with Crippen LogP contribution in [0.4, 0.5) is 0 Å². The molecule has 0 aromatic carbocycles. The average molecular weight is 236 g/mol. The number of hydrogen-bond acceptors (Lipinski definition) is 3. The van der Waals surface area contributed by atoms with Crippen molar-refractivity contribution in [2.45, 2.75) is 39.8 Å². The minimum Gasteiger partial charge on any atom is -0.301 e. The van der Waals surface area contributed by atoms with Gasteiger partial charge in [0.25, 0.3) is 0 Å². The van der Waals surface area contributed by atoms with E-state index in [0.29, 0.717) is 24.6 Å². The van der Waals surface area contributed by atoms with Gasteiger partial charge in [0.2, 0.25) is 0 Å². The second-order valence-electron chi connectivity index (χ2n) is 4.04. The standard InChI is InChI=1S/C11H16N4O2/c1-3-5-14-7-8-9(13-10(16)12-8)15(6-4-2)11(14)17/h7H,3-6H2,1-2H3,(H,12,16). The Bertz CT molecular complexity index is 593. The number of fused-ring (bicyclic) bond motifs is 1. The third-order valence-electron chi connectivity index (χ3n) is 2.62. The number of hydrogen-bond donors (Lipinski definition) is 1. The number of imidazole rings is 1. The van der Waals surface area contributed by atoms with Crippen LogP contribution in [0.15, 0.2) is 15.8 Å².